The molecule has 1 atom stereocenters. The molecule has 0 saturated heterocycles. The second-order valence-electron chi connectivity index (χ2n) is 4.10. The van der Waals surface area contributed by atoms with Crippen LogP contribution in [0.1, 0.15) is 12.5 Å². The topological polar surface area (TPSA) is 72.2 Å². The number of hydrogen-bond donors (Lipinski definition) is 2. The molecule has 7 heteroatoms. The molecule has 0 aromatic heterocycles. The van der Waals surface area contributed by atoms with Crippen molar-refractivity contribution in [2.24, 2.45) is 0 Å². The molecule has 1 aromatic rings. The highest BCUT2D eigenvalue weighted by Crippen LogP contribution is 2.16. The number of hydrogen-bond acceptors (Lipinski definition) is 3. The van der Waals surface area contributed by atoms with Gasteiger partial charge in [-0.15, -0.1) is 0 Å². The van der Waals surface area contributed by atoms with Gasteiger partial charge in [0.25, 0.3) is 5.91 Å². The fourth-order valence-corrected chi connectivity index (χ4v) is 1.52. The fraction of sp³-hybridized carbons (Fsp3) is 0.333. The Morgan fingerprint density at radius 1 is 1.32 bits per heavy atom. The zero-order chi connectivity index (χ0) is 14.6. The van der Waals surface area contributed by atoms with Gasteiger partial charge in [-0.1, -0.05) is 18.2 Å². The van der Waals surface area contributed by atoms with Crippen molar-refractivity contribution in [3.63, 3.8) is 0 Å². The van der Waals surface area contributed by atoms with E-state index >= 15 is 0 Å². The minimum absolute atomic E-state index is 0.240. The SMILES string of the molecule is C[C@@H](Cc1ccccc1N)NC(=O)C(=O)C(F)(F)F. The highest BCUT2D eigenvalue weighted by Gasteiger charge is 2.43. The predicted molar refractivity (Wildman–Crippen MR) is 63.2 cm³/mol. The van der Waals surface area contributed by atoms with E-state index in [-0.39, 0.29) is 6.42 Å². The van der Waals surface area contributed by atoms with Crippen LogP contribution in [-0.4, -0.2) is 23.9 Å². The molecule has 1 rings (SSSR count). The lowest BCUT2D eigenvalue weighted by molar-refractivity contribution is -0.175. The second kappa shape index (κ2) is 5.73. The number of nitrogen functional groups attached to an aromatic ring is 1. The number of halogens is 3. The molecule has 0 saturated carbocycles. The zero-order valence-corrected chi connectivity index (χ0v) is 10.1. The molecule has 1 aromatic carbocycles. The van der Waals surface area contributed by atoms with E-state index in [1.54, 1.807) is 24.3 Å². The Morgan fingerprint density at radius 2 is 1.89 bits per heavy atom. The van der Waals surface area contributed by atoms with Gasteiger partial charge in [-0.2, -0.15) is 13.2 Å². The number of para-hydroxylation sites is 1. The molecule has 0 radical (unpaired) electrons. The van der Waals surface area contributed by atoms with Crippen molar-refractivity contribution in [1.29, 1.82) is 0 Å². The Morgan fingerprint density at radius 3 is 2.42 bits per heavy atom. The Labute approximate surface area is 107 Å². The summed E-state index contributed by atoms with van der Waals surface area (Å²) in [5, 5.41) is 2.00. The van der Waals surface area contributed by atoms with Crippen LogP contribution in [0.4, 0.5) is 18.9 Å². The smallest absolute Gasteiger partial charge is 0.399 e. The van der Waals surface area contributed by atoms with E-state index in [2.05, 4.69) is 0 Å². The largest absolute Gasteiger partial charge is 0.460 e. The maximum atomic E-state index is 12.0. The molecular weight excluding hydrogens is 261 g/mol. The van der Waals surface area contributed by atoms with Gasteiger partial charge in [-0.25, -0.2) is 0 Å². The Hall–Kier alpha value is -2.05. The first-order valence-corrected chi connectivity index (χ1v) is 5.47. The van der Waals surface area contributed by atoms with Crippen molar-refractivity contribution < 1.29 is 22.8 Å². The van der Waals surface area contributed by atoms with E-state index in [0.717, 1.165) is 0 Å². The third-order valence-corrected chi connectivity index (χ3v) is 2.42. The minimum atomic E-state index is -5.16. The van der Waals surface area contributed by atoms with Gasteiger partial charge < -0.3 is 11.1 Å². The molecule has 0 spiro atoms. The summed E-state index contributed by atoms with van der Waals surface area (Å²) in [5.41, 5.74) is 6.84. The average Bonchev–Trinajstić information content (AvgIpc) is 2.29. The summed E-state index contributed by atoms with van der Waals surface area (Å²) in [6, 6.07) is 6.15. The summed E-state index contributed by atoms with van der Waals surface area (Å²) in [6.07, 6.45) is -4.92. The number of amides is 1. The number of Topliss-reactive ketones (excluding diaryl/α,β-unsaturated/α-hetero) is 1. The van der Waals surface area contributed by atoms with E-state index in [9.17, 15) is 22.8 Å². The summed E-state index contributed by atoms with van der Waals surface area (Å²) in [6.45, 7) is 1.49. The summed E-state index contributed by atoms with van der Waals surface area (Å²) < 4.78 is 36.0. The minimum Gasteiger partial charge on any atom is -0.399 e. The highest BCUT2D eigenvalue weighted by molar-refractivity contribution is 6.38. The Balaban J connectivity index is 2.62. The standard InChI is InChI=1S/C12H13F3N2O2/c1-7(6-8-4-2-3-5-9(8)16)17-11(19)10(18)12(13,14)15/h2-5,7H,6,16H2,1H3,(H,17,19)/t7-/m0/s1. The number of anilines is 1. The molecule has 19 heavy (non-hydrogen) atoms. The number of nitrogens with two attached hydrogens (primary N) is 1. The molecule has 4 nitrogen and oxygen atoms in total. The number of nitrogens with one attached hydrogen (secondary N) is 1. The van der Waals surface area contributed by atoms with Gasteiger partial charge in [-0.05, 0) is 25.0 Å². The van der Waals surface area contributed by atoms with Crippen LogP contribution in [-0.2, 0) is 16.0 Å². The van der Waals surface area contributed by atoms with Gasteiger partial charge in [-0.3, -0.25) is 9.59 Å². The lowest BCUT2D eigenvalue weighted by Crippen LogP contribution is -2.44. The first kappa shape index (κ1) is 15.0. The van der Waals surface area contributed by atoms with Gasteiger partial charge in [0, 0.05) is 11.7 Å². The van der Waals surface area contributed by atoms with Gasteiger partial charge in [0.1, 0.15) is 0 Å². The van der Waals surface area contributed by atoms with Crippen LogP contribution in [0.15, 0.2) is 24.3 Å². The van der Waals surface area contributed by atoms with Crippen LogP contribution >= 0.6 is 0 Å². The van der Waals surface area contributed by atoms with E-state index in [1.807, 2.05) is 5.32 Å². The first-order valence-electron chi connectivity index (χ1n) is 5.47. The maximum Gasteiger partial charge on any atom is 0.460 e. The number of benzene rings is 1. The monoisotopic (exact) mass is 274 g/mol. The fourth-order valence-electron chi connectivity index (χ4n) is 1.52. The number of carbonyl (C=O) groups is 2. The summed E-state index contributed by atoms with van der Waals surface area (Å²) in [7, 11) is 0. The van der Waals surface area contributed by atoms with E-state index < -0.39 is 23.9 Å². The van der Waals surface area contributed by atoms with Crippen molar-refractivity contribution in [2.75, 3.05) is 5.73 Å². The van der Waals surface area contributed by atoms with Crippen LogP contribution in [0, 0.1) is 0 Å². The van der Waals surface area contributed by atoms with E-state index in [1.165, 1.54) is 6.92 Å². The number of rotatable bonds is 4. The highest BCUT2D eigenvalue weighted by atomic mass is 19.4. The van der Waals surface area contributed by atoms with Crippen molar-refractivity contribution in [1.82, 2.24) is 5.32 Å². The normalized spacial score (nSPS) is 12.8. The second-order valence-corrected chi connectivity index (χ2v) is 4.10. The Bertz CT molecular complexity index is 486. The summed E-state index contributed by atoms with van der Waals surface area (Å²) >= 11 is 0. The summed E-state index contributed by atoms with van der Waals surface area (Å²) in [5.74, 6) is -4.06. The lowest BCUT2D eigenvalue weighted by atomic mass is 10.1. The maximum absolute atomic E-state index is 12.0. The number of alkyl halides is 3. The van der Waals surface area contributed by atoms with Crippen LogP contribution < -0.4 is 11.1 Å². The molecular formula is C12H13F3N2O2. The Kier molecular flexibility index (Phi) is 4.52. The third kappa shape index (κ3) is 4.27. The van der Waals surface area contributed by atoms with Crippen molar-refractivity contribution >= 4 is 17.4 Å². The van der Waals surface area contributed by atoms with Crippen LogP contribution in [0.5, 0.6) is 0 Å². The third-order valence-electron chi connectivity index (χ3n) is 2.42. The van der Waals surface area contributed by atoms with Crippen LogP contribution in [0.2, 0.25) is 0 Å². The van der Waals surface area contributed by atoms with Crippen molar-refractivity contribution in [2.45, 2.75) is 25.6 Å². The van der Waals surface area contributed by atoms with E-state index in [0.29, 0.717) is 11.3 Å². The predicted octanol–water partition coefficient (Wildman–Crippen LogP) is 1.45. The molecule has 3 N–H and O–H groups in total. The van der Waals surface area contributed by atoms with Crippen LogP contribution in [0.25, 0.3) is 0 Å². The van der Waals surface area contributed by atoms with Crippen molar-refractivity contribution in [3.8, 4) is 0 Å². The molecule has 0 bridgehead atoms. The molecule has 0 unspecified atom stereocenters. The quantitative estimate of drug-likeness (QED) is 0.644. The lowest BCUT2D eigenvalue weighted by Gasteiger charge is -2.15. The zero-order valence-electron chi connectivity index (χ0n) is 10.1. The molecule has 1 amide bonds. The van der Waals surface area contributed by atoms with Gasteiger partial charge in [0.2, 0.25) is 0 Å². The van der Waals surface area contributed by atoms with Gasteiger partial charge in [0.05, 0.1) is 0 Å². The first-order chi connectivity index (χ1) is 8.71. The number of carbonyl (C=O) groups excluding carboxylic acids is 2. The molecule has 0 fully saturated rings. The molecule has 0 heterocycles. The molecule has 0 aliphatic heterocycles. The molecule has 104 valence electrons. The number of ketones is 1. The molecule has 0 aliphatic carbocycles. The van der Waals surface area contributed by atoms with Crippen molar-refractivity contribution in [3.05, 3.63) is 29.8 Å². The van der Waals surface area contributed by atoms with Crippen LogP contribution in [0.3, 0.4) is 0 Å². The van der Waals surface area contributed by atoms with Gasteiger partial charge >= 0.3 is 12.0 Å². The van der Waals surface area contributed by atoms with E-state index in [4.69, 9.17) is 5.73 Å². The average molecular weight is 274 g/mol. The van der Waals surface area contributed by atoms with Gasteiger partial charge in [0.15, 0.2) is 0 Å². The summed E-state index contributed by atoms with van der Waals surface area (Å²) in [4.78, 5) is 21.7. The molecule has 0 aliphatic rings.